The first-order valence-corrected chi connectivity index (χ1v) is 10.7. The van der Waals surface area contributed by atoms with E-state index < -0.39 is 0 Å². The molecule has 26 heavy (non-hydrogen) atoms. The van der Waals surface area contributed by atoms with Crippen LogP contribution in [-0.2, 0) is 16.0 Å². The Balaban J connectivity index is 2.07. The van der Waals surface area contributed by atoms with Crippen LogP contribution in [0, 0.1) is 12.8 Å². The molecule has 0 bridgehead atoms. The number of carbonyl (C=O) groups is 1. The molecule has 0 saturated carbocycles. The summed E-state index contributed by atoms with van der Waals surface area (Å²) in [5, 5.41) is 4.02. The molecule has 8 heteroatoms. The molecule has 0 spiro atoms. The molecule has 0 aliphatic heterocycles. The van der Waals surface area contributed by atoms with E-state index >= 15 is 0 Å². The van der Waals surface area contributed by atoms with E-state index in [4.69, 9.17) is 4.74 Å². The summed E-state index contributed by atoms with van der Waals surface area (Å²) in [5.74, 6) is 0.682. The van der Waals surface area contributed by atoms with E-state index in [1.54, 1.807) is 18.4 Å². The fraction of sp³-hybridized carbons (Fsp3) is 0.611. The molecule has 0 fully saturated rings. The normalized spacial score (nSPS) is 12.5. The molecule has 0 saturated heterocycles. The molecular formula is C18H27N3O3S2. The molecule has 6 nitrogen and oxygen atoms in total. The lowest BCUT2D eigenvalue weighted by Gasteiger charge is -2.08. The second kappa shape index (κ2) is 10.1. The molecule has 0 aliphatic carbocycles. The van der Waals surface area contributed by atoms with Crippen molar-refractivity contribution in [2.24, 2.45) is 5.92 Å². The van der Waals surface area contributed by atoms with Gasteiger partial charge in [0.25, 0.3) is 5.56 Å². The van der Waals surface area contributed by atoms with Crippen LogP contribution in [0.15, 0.2) is 9.95 Å². The lowest BCUT2D eigenvalue weighted by atomic mass is 9.98. The Morgan fingerprint density at radius 3 is 2.92 bits per heavy atom. The highest BCUT2D eigenvalue weighted by Crippen LogP contribution is 2.30. The van der Waals surface area contributed by atoms with E-state index in [2.05, 4.69) is 29.1 Å². The summed E-state index contributed by atoms with van der Waals surface area (Å²) in [6.07, 6.45) is 2.75. The summed E-state index contributed by atoms with van der Waals surface area (Å²) in [4.78, 5) is 33.7. The van der Waals surface area contributed by atoms with Crippen molar-refractivity contribution in [2.75, 3.05) is 26.0 Å². The molecule has 2 N–H and O–H groups in total. The molecule has 1 amide bonds. The second-order valence-electron chi connectivity index (χ2n) is 6.39. The van der Waals surface area contributed by atoms with Crippen LogP contribution in [0.3, 0.4) is 0 Å². The maximum absolute atomic E-state index is 12.6. The zero-order valence-electron chi connectivity index (χ0n) is 15.8. The lowest BCUT2D eigenvalue weighted by molar-refractivity contribution is -0.118. The molecule has 0 radical (unpaired) electrons. The van der Waals surface area contributed by atoms with E-state index in [0.717, 1.165) is 34.5 Å². The van der Waals surface area contributed by atoms with E-state index in [0.29, 0.717) is 29.6 Å². The number of H-pyrrole nitrogens is 1. The summed E-state index contributed by atoms with van der Waals surface area (Å²) in [6.45, 7) is 7.60. The maximum atomic E-state index is 12.6. The average Bonchev–Trinajstić information content (AvgIpc) is 2.92. The van der Waals surface area contributed by atoms with Gasteiger partial charge in [0.15, 0.2) is 5.16 Å². The van der Waals surface area contributed by atoms with Gasteiger partial charge in [-0.05, 0) is 31.2 Å². The average molecular weight is 398 g/mol. The second-order valence-corrected chi connectivity index (χ2v) is 8.56. The van der Waals surface area contributed by atoms with Crippen molar-refractivity contribution in [3.05, 3.63) is 20.8 Å². The van der Waals surface area contributed by atoms with E-state index in [9.17, 15) is 9.59 Å². The van der Waals surface area contributed by atoms with Gasteiger partial charge in [-0.3, -0.25) is 9.59 Å². The van der Waals surface area contributed by atoms with Gasteiger partial charge < -0.3 is 15.0 Å². The first-order chi connectivity index (χ1) is 12.5. The van der Waals surface area contributed by atoms with Crippen LogP contribution >= 0.6 is 23.1 Å². The van der Waals surface area contributed by atoms with Gasteiger partial charge >= 0.3 is 0 Å². The van der Waals surface area contributed by atoms with Gasteiger partial charge in [0.05, 0.1) is 11.1 Å². The molecule has 2 rings (SSSR count). The monoisotopic (exact) mass is 397 g/mol. The number of thioether (sulfide) groups is 1. The minimum absolute atomic E-state index is 0.0753. The van der Waals surface area contributed by atoms with E-state index in [1.807, 2.05) is 6.92 Å². The number of fused-ring (bicyclic) bond motifs is 1. The Labute approximate surface area is 162 Å². The number of amides is 1. The molecule has 2 aromatic rings. The van der Waals surface area contributed by atoms with E-state index in [-0.39, 0.29) is 17.2 Å². The number of hydrogen-bond acceptors (Lipinski definition) is 6. The Morgan fingerprint density at radius 2 is 2.23 bits per heavy atom. The highest BCUT2D eigenvalue weighted by atomic mass is 32.2. The van der Waals surface area contributed by atoms with Crippen LogP contribution in [0.4, 0.5) is 0 Å². The number of aryl methyl sites for hydroxylation is 1. The van der Waals surface area contributed by atoms with Crippen molar-refractivity contribution < 1.29 is 9.53 Å². The number of aromatic nitrogens is 2. The number of nitrogens with zero attached hydrogens (tertiary/aromatic N) is 1. The van der Waals surface area contributed by atoms with Gasteiger partial charge in [-0.15, -0.1) is 11.3 Å². The van der Waals surface area contributed by atoms with Gasteiger partial charge in [0.1, 0.15) is 4.83 Å². The molecule has 2 aromatic heterocycles. The van der Waals surface area contributed by atoms with Crippen LogP contribution in [0.5, 0.6) is 0 Å². The fourth-order valence-electron chi connectivity index (χ4n) is 2.59. The number of thiophene rings is 1. The minimum Gasteiger partial charge on any atom is -0.385 e. The molecule has 144 valence electrons. The molecule has 1 atom stereocenters. The minimum atomic E-state index is -0.111. The number of rotatable bonds is 10. The van der Waals surface area contributed by atoms with Gasteiger partial charge in [0.2, 0.25) is 5.91 Å². The number of carbonyl (C=O) groups excluding carboxylic acids is 1. The topological polar surface area (TPSA) is 84.1 Å². The quantitative estimate of drug-likeness (QED) is 0.366. The van der Waals surface area contributed by atoms with Crippen molar-refractivity contribution in [2.45, 2.75) is 45.2 Å². The van der Waals surface area contributed by atoms with Crippen molar-refractivity contribution in [3.63, 3.8) is 0 Å². The Hall–Kier alpha value is -1.38. The molecule has 2 heterocycles. The lowest BCUT2D eigenvalue weighted by Crippen LogP contribution is -2.27. The smallest absolute Gasteiger partial charge is 0.260 e. The van der Waals surface area contributed by atoms with Crippen LogP contribution in [0.25, 0.3) is 10.2 Å². The van der Waals surface area contributed by atoms with Crippen molar-refractivity contribution in [3.8, 4) is 0 Å². The SMILES string of the molecule is CC[C@H](C)Cc1c(C)sc2nc(SCC(=O)NCCCOC)[nH]c(=O)c12. The predicted molar refractivity (Wildman–Crippen MR) is 108 cm³/mol. The summed E-state index contributed by atoms with van der Waals surface area (Å²) in [7, 11) is 1.64. The Kier molecular flexibility index (Phi) is 8.12. The van der Waals surface area contributed by atoms with Crippen LogP contribution in [0.1, 0.15) is 37.1 Å². The van der Waals surface area contributed by atoms with Crippen molar-refractivity contribution >= 4 is 39.2 Å². The zero-order chi connectivity index (χ0) is 19.1. The highest BCUT2D eigenvalue weighted by molar-refractivity contribution is 7.99. The third kappa shape index (κ3) is 5.56. The largest absolute Gasteiger partial charge is 0.385 e. The summed E-state index contributed by atoms with van der Waals surface area (Å²) >= 11 is 2.81. The van der Waals surface area contributed by atoms with Crippen LogP contribution in [0.2, 0.25) is 0 Å². The van der Waals surface area contributed by atoms with Gasteiger partial charge in [-0.1, -0.05) is 32.0 Å². The molecule has 0 unspecified atom stereocenters. The molecular weight excluding hydrogens is 370 g/mol. The summed E-state index contributed by atoms with van der Waals surface area (Å²) in [6, 6.07) is 0. The number of aromatic amines is 1. The van der Waals surface area contributed by atoms with Gasteiger partial charge in [-0.25, -0.2) is 4.98 Å². The van der Waals surface area contributed by atoms with Crippen LogP contribution < -0.4 is 10.9 Å². The Bertz CT molecular complexity index is 801. The van der Waals surface area contributed by atoms with Crippen molar-refractivity contribution in [1.82, 2.24) is 15.3 Å². The summed E-state index contributed by atoms with van der Waals surface area (Å²) in [5.41, 5.74) is 1.00. The fourth-order valence-corrected chi connectivity index (χ4v) is 4.39. The number of nitrogens with one attached hydrogen (secondary N) is 2. The van der Waals surface area contributed by atoms with Gasteiger partial charge in [0, 0.05) is 25.1 Å². The predicted octanol–water partition coefficient (Wildman–Crippen LogP) is 3.13. The van der Waals surface area contributed by atoms with E-state index in [1.165, 1.54) is 11.8 Å². The first kappa shape index (κ1) is 20.9. The number of ether oxygens (including phenoxy) is 1. The molecule has 0 aliphatic rings. The zero-order valence-corrected chi connectivity index (χ0v) is 17.4. The van der Waals surface area contributed by atoms with Crippen LogP contribution in [-0.4, -0.2) is 41.9 Å². The Morgan fingerprint density at radius 1 is 1.46 bits per heavy atom. The number of methoxy groups -OCH3 is 1. The number of hydrogen-bond donors (Lipinski definition) is 2. The summed E-state index contributed by atoms with van der Waals surface area (Å²) < 4.78 is 4.94. The highest BCUT2D eigenvalue weighted by Gasteiger charge is 2.17. The maximum Gasteiger partial charge on any atom is 0.260 e. The standard InChI is InChI=1S/C18H27N3O3S2/c1-5-11(2)9-13-12(3)26-17-15(13)16(23)20-18(21-17)25-10-14(22)19-7-6-8-24-4/h11H,5-10H2,1-4H3,(H,19,22)(H,20,21,23)/t11-/m0/s1. The van der Waals surface area contributed by atoms with Crippen molar-refractivity contribution in [1.29, 1.82) is 0 Å². The third-order valence-electron chi connectivity index (χ3n) is 4.28. The first-order valence-electron chi connectivity index (χ1n) is 8.87. The third-order valence-corrected chi connectivity index (χ3v) is 6.19. The van der Waals surface area contributed by atoms with Gasteiger partial charge in [-0.2, -0.15) is 0 Å². The molecule has 0 aromatic carbocycles.